The van der Waals surface area contributed by atoms with E-state index in [2.05, 4.69) is 10.6 Å². The first-order chi connectivity index (χ1) is 14.1. The topological polar surface area (TPSA) is 91.0 Å². The Morgan fingerprint density at radius 3 is 2.52 bits per heavy atom. The monoisotopic (exact) mass is 402 g/mol. The number of hydrogen-bond donors (Lipinski definition) is 2. The predicted octanol–water partition coefficient (Wildman–Crippen LogP) is -0.217. The molecule has 1 aromatic rings. The molecule has 2 heterocycles. The molecule has 2 atom stereocenters. The van der Waals surface area contributed by atoms with E-state index in [1.165, 1.54) is 7.11 Å². The molecule has 1 aromatic carbocycles. The fraction of sp³-hybridized carbons (Fsp3) is 0.571. The van der Waals surface area contributed by atoms with Crippen LogP contribution in [0.3, 0.4) is 0 Å². The third-order valence-corrected chi connectivity index (χ3v) is 5.51. The zero-order valence-electron chi connectivity index (χ0n) is 16.9. The molecule has 8 nitrogen and oxygen atoms in total. The van der Waals surface area contributed by atoms with Gasteiger partial charge in [-0.05, 0) is 24.9 Å². The van der Waals surface area contributed by atoms with Crippen LogP contribution in [0.2, 0.25) is 0 Å². The normalized spacial score (nSPS) is 20.9. The van der Waals surface area contributed by atoms with E-state index in [1.807, 2.05) is 40.1 Å². The SMILES string of the molecule is COC(=O)[C@H](Cc1ccccc1)NC(=O)CN1CCN(C(=O)[C@@H]2CCCN2)CC1. The molecule has 0 saturated carbocycles. The van der Waals surface area contributed by atoms with E-state index in [0.29, 0.717) is 32.6 Å². The maximum absolute atomic E-state index is 12.5. The molecule has 2 fully saturated rings. The average molecular weight is 402 g/mol. The quantitative estimate of drug-likeness (QED) is 0.613. The van der Waals surface area contributed by atoms with Crippen LogP contribution < -0.4 is 10.6 Å². The molecule has 0 radical (unpaired) electrons. The van der Waals surface area contributed by atoms with Gasteiger partial charge in [-0.2, -0.15) is 0 Å². The molecule has 0 unspecified atom stereocenters. The predicted molar refractivity (Wildman–Crippen MR) is 108 cm³/mol. The minimum Gasteiger partial charge on any atom is -0.467 e. The molecule has 2 aliphatic rings. The molecular formula is C21H30N4O4. The Bertz CT molecular complexity index is 698. The van der Waals surface area contributed by atoms with Crippen LogP contribution >= 0.6 is 0 Å². The van der Waals surface area contributed by atoms with Crippen molar-refractivity contribution in [2.45, 2.75) is 31.3 Å². The number of hydrogen-bond acceptors (Lipinski definition) is 6. The summed E-state index contributed by atoms with van der Waals surface area (Å²) in [4.78, 5) is 41.0. The molecule has 2 amide bonds. The van der Waals surface area contributed by atoms with E-state index in [-0.39, 0.29) is 24.4 Å². The Morgan fingerprint density at radius 1 is 1.17 bits per heavy atom. The number of methoxy groups -OCH3 is 1. The summed E-state index contributed by atoms with van der Waals surface area (Å²) in [6.45, 7) is 3.64. The summed E-state index contributed by atoms with van der Waals surface area (Å²) in [7, 11) is 1.32. The van der Waals surface area contributed by atoms with Gasteiger partial charge >= 0.3 is 5.97 Å². The zero-order valence-corrected chi connectivity index (χ0v) is 16.9. The van der Waals surface area contributed by atoms with E-state index < -0.39 is 12.0 Å². The number of benzene rings is 1. The van der Waals surface area contributed by atoms with Gasteiger partial charge in [-0.25, -0.2) is 4.79 Å². The molecule has 29 heavy (non-hydrogen) atoms. The highest BCUT2D eigenvalue weighted by molar-refractivity contribution is 5.86. The number of carbonyl (C=O) groups is 3. The summed E-state index contributed by atoms with van der Waals surface area (Å²) in [5, 5.41) is 6.04. The molecule has 2 aliphatic heterocycles. The number of esters is 1. The standard InChI is InChI=1S/C21H30N4O4/c1-29-21(28)18(14-16-6-3-2-4-7-16)23-19(26)15-24-10-12-25(13-11-24)20(27)17-8-5-9-22-17/h2-4,6-7,17-18,22H,5,8-15H2,1H3,(H,23,26)/t17-,18-/m0/s1. The van der Waals surface area contributed by atoms with E-state index in [9.17, 15) is 14.4 Å². The maximum atomic E-state index is 12.5. The number of amides is 2. The number of rotatable bonds is 7. The van der Waals surface area contributed by atoms with Gasteiger partial charge in [0, 0.05) is 32.6 Å². The van der Waals surface area contributed by atoms with Crippen LogP contribution in [0.4, 0.5) is 0 Å². The van der Waals surface area contributed by atoms with Gasteiger partial charge in [-0.15, -0.1) is 0 Å². The molecule has 0 bridgehead atoms. The van der Waals surface area contributed by atoms with Gasteiger partial charge in [0.1, 0.15) is 6.04 Å². The molecule has 3 rings (SSSR count). The smallest absolute Gasteiger partial charge is 0.328 e. The molecule has 0 spiro atoms. The lowest BCUT2D eigenvalue weighted by Crippen LogP contribution is -2.55. The van der Waals surface area contributed by atoms with Gasteiger partial charge in [0.05, 0.1) is 19.7 Å². The fourth-order valence-electron chi connectivity index (χ4n) is 3.87. The number of piperazine rings is 1. The summed E-state index contributed by atoms with van der Waals surface area (Å²) in [6.07, 6.45) is 2.33. The van der Waals surface area contributed by atoms with Crippen molar-refractivity contribution in [1.82, 2.24) is 20.4 Å². The van der Waals surface area contributed by atoms with Crippen molar-refractivity contribution in [2.24, 2.45) is 0 Å². The van der Waals surface area contributed by atoms with Gasteiger partial charge in [0.15, 0.2) is 0 Å². The Morgan fingerprint density at radius 2 is 1.90 bits per heavy atom. The Hall–Kier alpha value is -2.45. The average Bonchev–Trinajstić information content (AvgIpc) is 3.28. The van der Waals surface area contributed by atoms with Gasteiger partial charge < -0.3 is 20.3 Å². The summed E-state index contributed by atoms with van der Waals surface area (Å²) in [6, 6.07) is 8.76. The Balaban J connectivity index is 1.46. The minimum atomic E-state index is -0.716. The summed E-state index contributed by atoms with van der Waals surface area (Å²) in [5.74, 6) is -0.504. The summed E-state index contributed by atoms with van der Waals surface area (Å²) < 4.78 is 4.85. The second-order valence-corrected chi connectivity index (χ2v) is 7.58. The highest BCUT2D eigenvalue weighted by Crippen LogP contribution is 2.11. The third kappa shape index (κ3) is 6.01. The van der Waals surface area contributed by atoms with Crippen LogP contribution in [0.15, 0.2) is 30.3 Å². The number of carbonyl (C=O) groups excluding carboxylic acids is 3. The lowest BCUT2D eigenvalue weighted by molar-refractivity contribution is -0.145. The Kier molecular flexibility index (Phi) is 7.60. The first kappa shape index (κ1) is 21.3. The molecule has 0 aromatic heterocycles. The third-order valence-electron chi connectivity index (χ3n) is 5.51. The van der Waals surface area contributed by atoms with Crippen LogP contribution in [0.25, 0.3) is 0 Å². The first-order valence-corrected chi connectivity index (χ1v) is 10.2. The number of nitrogens with one attached hydrogen (secondary N) is 2. The van der Waals surface area contributed by atoms with Crippen LogP contribution in [0, 0.1) is 0 Å². The number of ether oxygens (including phenoxy) is 1. The minimum absolute atomic E-state index is 0.0522. The van der Waals surface area contributed by atoms with Crippen molar-refractivity contribution in [3.8, 4) is 0 Å². The van der Waals surface area contributed by atoms with Gasteiger partial charge in [0.25, 0.3) is 0 Å². The van der Waals surface area contributed by atoms with Crippen LogP contribution in [0.1, 0.15) is 18.4 Å². The molecule has 0 aliphatic carbocycles. The summed E-state index contributed by atoms with van der Waals surface area (Å²) >= 11 is 0. The molecule has 2 saturated heterocycles. The van der Waals surface area contributed by atoms with Crippen molar-refractivity contribution in [2.75, 3.05) is 46.4 Å². The van der Waals surface area contributed by atoms with E-state index >= 15 is 0 Å². The van der Waals surface area contributed by atoms with E-state index in [4.69, 9.17) is 4.74 Å². The van der Waals surface area contributed by atoms with Crippen LogP contribution in [-0.2, 0) is 25.5 Å². The van der Waals surface area contributed by atoms with Crippen molar-refractivity contribution in [1.29, 1.82) is 0 Å². The van der Waals surface area contributed by atoms with Crippen molar-refractivity contribution in [3.63, 3.8) is 0 Å². The fourth-order valence-corrected chi connectivity index (χ4v) is 3.87. The molecule has 158 valence electrons. The van der Waals surface area contributed by atoms with Crippen molar-refractivity contribution in [3.05, 3.63) is 35.9 Å². The lowest BCUT2D eigenvalue weighted by atomic mass is 10.1. The second kappa shape index (κ2) is 10.4. The molecular weight excluding hydrogens is 372 g/mol. The zero-order chi connectivity index (χ0) is 20.6. The van der Waals surface area contributed by atoms with Crippen LogP contribution in [0.5, 0.6) is 0 Å². The highest BCUT2D eigenvalue weighted by atomic mass is 16.5. The summed E-state index contributed by atoms with van der Waals surface area (Å²) in [5.41, 5.74) is 0.954. The largest absolute Gasteiger partial charge is 0.467 e. The maximum Gasteiger partial charge on any atom is 0.328 e. The van der Waals surface area contributed by atoms with Crippen LogP contribution in [-0.4, -0.2) is 86.0 Å². The Labute approximate surface area is 171 Å². The van der Waals surface area contributed by atoms with Gasteiger partial charge in [-0.1, -0.05) is 30.3 Å². The molecule has 8 heteroatoms. The highest BCUT2D eigenvalue weighted by Gasteiger charge is 2.30. The lowest BCUT2D eigenvalue weighted by Gasteiger charge is -2.35. The van der Waals surface area contributed by atoms with Crippen molar-refractivity contribution < 1.29 is 19.1 Å². The van der Waals surface area contributed by atoms with Gasteiger partial charge in [-0.3, -0.25) is 14.5 Å². The second-order valence-electron chi connectivity index (χ2n) is 7.58. The number of nitrogens with zero attached hydrogens (tertiary/aromatic N) is 2. The van der Waals surface area contributed by atoms with Crippen molar-refractivity contribution >= 4 is 17.8 Å². The first-order valence-electron chi connectivity index (χ1n) is 10.2. The van der Waals surface area contributed by atoms with E-state index in [1.54, 1.807) is 0 Å². The molecule has 2 N–H and O–H groups in total. The van der Waals surface area contributed by atoms with Gasteiger partial charge in [0.2, 0.25) is 11.8 Å². The van der Waals surface area contributed by atoms with E-state index in [0.717, 1.165) is 24.9 Å².